The monoisotopic (exact) mass is 355 g/mol. The molecular weight excluding hydrogens is 338 g/mol. The van der Waals surface area contributed by atoms with Crippen LogP contribution in [0.4, 0.5) is 0 Å². The Balaban J connectivity index is 1.38. The van der Waals surface area contributed by atoms with Crippen molar-refractivity contribution in [2.24, 2.45) is 0 Å². The highest BCUT2D eigenvalue weighted by molar-refractivity contribution is 5.71. The zero-order chi connectivity index (χ0) is 18.1. The number of hydrogen-bond donors (Lipinski definition) is 1. The second-order valence-corrected chi connectivity index (χ2v) is 7.50. The van der Waals surface area contributed by atoms with E-state index in [1.165, 1.54) is 11.1 Å². The van der Waals surface area contributed by atoms with Crippen molar-refractivity contribution in [1.82, 2.24) is 24.5 Å². The van der Waals surface area contributed by atoms with Gasteiger partial charge in [0.05, 0.1) is 35.6 Å². The first kappa shape index (κ1) is 14.9. The fourth-order valence-electron chi connectivity index (χ4n) is 4.72. The van der Waals surface area contributed by atoms with Gasteiger partial charge in [-0.3, -0.25) is 0 Å². The van der Waals surface area contributed by atoms with Gasteiger partial charge in [0.15, 0.2) is 0 Å². The van der Waals surface area contributed by atoms with Crippen molar-refractivity contribution in [2.75, 3.05) is 0 Å². The van der Waals surface area contributed by atoms with Crippen LogP contribution in [0.1, 0.15) is 24.1 Å². The molecule has 1 spiro atoms. The molecule has 3 heterocycles. The topological polar surface area (TPSA) is 68.8 Å². The molecule has 0 radical (unpaired) electrons. The summed E-state index contributed by atoms with van der Waals surface area (Å²) in [7, 11) is 0. The Morgan fingerprint density at radius 2 is 1.74 bits per heavy atom. The molecule has 1 fully saturated rings. The number of aliphatic hydroxyl groups is 1. The summed E-state index contributed by atoms with van der Waals surface area (Å²) < 4.78 is 3.91. The lowest BCUT2D eigenvalue weighted by Crippen LogP contribution is -2.55. The van der Waals surface area contributed by atoms with E-state index in [9.17, 15) is 5.11 Å². The summed E-state index contributed by atoms with van der Waals surface area (Å²) in [5.41, 5.74) is 3.85. The van der Waals surface area contributed by atoms with Crippen LogP contribution in [0.25, 0.3) is 16.9 Å². The van der Waals surface area contributed by atoms with Gasteiger partial charge in [0, 0.05) is 18.4 Å². The normalized spacial score (nSPS) is 25.2. The molecule has 1 saturated carbocycles. The van der Waals surface area contributed by atoms with Crippen LogP contribution in [-0.2, 0) is 11.1 Å². The first-order valence-electron chi connectivity index (χ1n) is 9.03. The summed E-state index contributed by atoms with van der Waals surface area (Å²) in [6.45, 7) is 0. The number of imidazole rings is 1. The molecule has 1 aliphatic heterocycles. The van der Waals surface area contributed by atoms with Crippen molar-refractivity contribution in [1.29, 1.82) is 0 Å². The molecular formula is C21H17N5O. The molecule has 2 aliphatic rings. The average molecular weight is 355 g/mol. The van der Waals surface area contributed by atoms with Crippen molar-refractivity contribution < 1.29 is 5.11 Å². The summed E-state index contributed by atoms with van der Waals surface area (Å²) in [6, 6.07) is 18.2. The molecule has 27 heavy (non-hydrogen) atoms. The van der Waals surface area contributed by atoms with Gasteiger partial charge in [-0.15, -0.1) is 5.10 Å². The molecule has 6 heteroatoms. The van der Waals surface area contributed by atoms with Crippen LogP contribution < -0.4 is 0 Å². The lowest BCUT2D eigenvalue weighted by molar-refractivity contribution is -0.109. The third kappa shape index (κ3) is 1.85. The number of hydrogen-bond acceptors (Lipinski definition) is 4. The quantitative estimate of drug-likeness (QED) is 0.600. The van der Waals surface area contributed by atoms with Crippen molar-refractivity contribution in [2.45, 2.75) is 24.0 Å². The third-order valence-electron chi connectivity index (χ3n) is 5.96. The SMILES string of the molecule is OC1(c2cn(-c3ccccc3)nn2)CC2(C1)c1ccccc1-c1cncn12. The van der Waals surface area contributed by atoms with Crippen LogP contribution in [-0.4, -0.2) is 29.7 Å². The largest absolute Gasteiger partial charge is 0.383 e. The Hall–Kier alpha value is -3.25. The molecule has 0 atom stereocenters. The Kier molecular flexibility index (Phi) is 2.71. The van der Waals surface area contributed by atoms with Gasteiger partial charge < -0.3 is 9.67 Å². The number of para-hydroxylation sites is 1. The molecule has 6 nitrogen and oxygen atoms in total. The van der Waals surface area contributed by atoms with Gasteiger partial charge >= 0.3 is 0 Å². The fraction of sp³-hybridized carbons (Fsp3) is 0.190. The lowest BCUT2D eigenvalue weighted by atomic mass is 9.61. The van der Waals surface area contributed by atoms with E-state index in [4.69, 9.17) is 0 Å². The second-order valence-electron chi connectivity index (χ2n) is 7.50. The van der Waals surface area contributed by atoms with E-state index in [2.05, 4.69) is 38.1 Å². The minimum absolute atomic E-state index is 0.256. The second kappa shape index (κ2) is 4.92. The van der Waals surface area contributed by atoms with Gasteiger partial charge in [0.25, 0.3) is 0 Å². The van der Waals surface area contributed by atoms with Gasteiger partial charge in [0.2, 0.25) is 0 Å². The first-order valence-corrected chi connectivity index (χ1v) is 9.03. The van der Waals surface area contributed by atoms with Gasteiger partial charge in [-0.25, -0.2) is 9.67 Å². The highest BCUT2D eigenvalue weighted by atomic mass is 16.3. The van der Waals surface area contributed by atoms with Crippen molar-refractivity contribution in [3.8, 4) is 16.9 Å². The molecule has 2 aromatic heterocycles. The standard InChI is InChI=1S/C21H17N5O/c27-21(19-11-26(24-23-19)15-6-2-1-3-7-15)12-20(13-21)17-9-5-4-8-16(17)18-10-22-14-25(18)20/h1-11,14,27H,12-13H2. The minimum Gasteiger partial charge on any atom is -0.383 e. The van der Waals surface area contributed by atoms with E-state index in [0.29, 0.717) is 18.5 Å². The van der Waals surface area contributed by atoms with Crippen molar-refractivity contribution >= 4 is 0 Å². The highest BCUT2D eigenvalue weighted by Gasteiger charge is 2.61. The number of rotatable bonds is 2. The summed E-state index contributed by atoms with van der Waals surface area (Å²) in [5, 5.41) is 19.8. The van der Waals surface area contributed by atoms with Gasteiger partial charge in [-0.1, -0.05) is 47.7 Å². The zero-order valence-electron chi connectivity index (χ0n) is 14.5. The number of benzene rings is 2. The molecule has 132 valence electrons. The lowest BCUT2D eigenvalue weighted by Gasteiger charge is -2.51. The van der Waals surface area contributed by atoms with Crippen molar-refractivity contribution in [3.63, 3.8) is 0 Å². The van der Waals surface area contributed by atoms with Crippen LogP contribution in [0.15, 0.2) is 73.3 Å². The van der Waals surface area contributed by atoms with E-state index in [0.717, 1.165) is 11.4 Å². The zero-order valence-corrected chi connectivity index (χ0v) is 14.5. The predicted molar refractivity (Wildman–Crippen MR) is 99.2 cm³/mol. The summed E-state index contributed by atoms with van der Waals surface area (Å²) in [5.74, 6) is 0. The Morgan fingerprint density at radius 3 is 2.59 bits per heavy atom. The Morgan fingerprint density at radius 1 is 0.963 bits per heavy atom. The van der Waals surface area contributed by atoms with Crippen LogP contribution in [0.5, 0.6) is 0 Å². The van der Waals surface area contributed by atoms with Gasteiger partial charge in [-0.05, 0) is 17.7 Å². The van der Waals surface area contributed by atoms with Crippen LogP contribution >= 0.6 is 0 Å². The Labute approximate surface area is 155 Å². The van der Waals surface area contributed by atoms with Gasteiger partial charge in [-0.2, -0.15) is 0 Å². The molecule has 0 amide bonds. The summed E-state index contributed by atoms with van der Waals surface area (Å²) in [6.07, 6.45) is 6.73. The summed E-state index contributed by atoms with van der Waals surface area (Å²) in [4.78, 5) is 4.33. The van der Waals surface area contributed by atoms with Crippen LogP contribution in [0.3, 0.4) is 0 Å². The number of aromatic nitrogens is 5. The maximum absolute atomic E-state index is 11.3. The van der Waals surface area contributed by atoms with Crippen LogP contribution in [0, 0.1) is 0 Å². The fourth-order valence-corrected chi connectivity index (χ4v) is 4.72. The highest BCUT2D eigenvalue weighted by Crippen LogP contribution is 2.61. The van der Waals surface area contributed by atoms with E-state index in [1.54, 1.807) is 4.68 Å². The minimum atomic E-state index is -0.994. The van der Waals surface area contributed by atoms with Gasteiger partial charge in [0.1, 0.15) is 11.3 Å². The molecule has 4 aromatic rings. The Bertz CT molecular complexity index is 1150. The molecule has 0 bridgehead atoms. The summed E-state index contributed by atoms with van der Waals surface area (Å²) >= 11 is 0. The maximum Gasteiger partial charge on any atom is 0.115 e. The average Bonchev–Trinajstić information content (AvgIpc) is 3.39. The molecule has 6 rings (SSSR count). The molecule has 1 N–H and O–H groups in total. The van der Waals surface area contributed by atoms with E-state index < -0.39 is 5.60 Å². The van der Waals surface area contributed by atoms with Crippen molar-refractivity contribution in [3.05, 3.63) is 84.6 Å². The first-order chi connectivity index (χ1) is 13.2. The number of nitrogens with zero attached hydrogens (tertiary/aromatic N) is 5. The van der Waals surface area contributed by atoms with E-state index >= 15 is 0 Å². The third-order valence-corrected chi connectivity index (χ3v) is 5.96. The molecule has 2 aromatic carbocycles. The van der Waals surface area contributed by atoms with E-state index in [-0.39, 0.29) is 5.54 Å². The number of fused-ring (bicyclic) bond motifs is 5. The maximum atomic E-state index is 11.3. The predicted octanol–water partition coefficient (Wildman–Crippen LogP) is 2.87. The molecule has 0 unspecified atom stereocenters. The smallest absolute Gasteiger partial charge is 0.115 e. The molecule has 0 saturated heterocycles. The van der Waals surface area contributed by atoms with Crippen LogP contribution in [0.2, 0.25) is 0 Å². The van der Waals surface area contributed by atoms with E-state index in [1.807, 2.05) is 55.1 Å². The molecule has 1 aliphatic carbocycles.